The van der Waals surface area contributed by atoms with E-state index in [9.17, 15) is 9.59 Å². The van der Waals surface area contributed by atoms with Gasteiger partial charge in [-0.15, -0.1) is 0 Å². The number of carbonyl (C=O) groups is 2. The fraction of sp³-hybridized carbons (Fsp3) is 0.278. The number of urea groups is 1. The van der Waals surface area contributed by atoms with E-state index in [4.69, 9.17) is 0 Å². The Morgan fingerprint density at radius 2 is 2.00 bits per heavy atom. The van der Waals surface area contributed by atoms with Crippen LogP contribution in [0.4, 0.5) is 10.5 Å². The Morgan fingerprint density at radius 3 is 2.67 bits per heavy atom. The van der Waals surface area contributed by atoms with Crippen molar-refractivity contribution in [2.24, 2.45) is 0 Å². The minimum Gasteiger partial charge on any atom is -0.337 e. The van der Waals surface area contributed by atoms with E-state index in [0.717, 1.165) is 5.56 Å². The molecule has 126 valence electrons. The first-order valence-corrected chi connectivity index (χ1v) is 7.77. The first-order valence-electron chi connectivity index (χ1n) is 7.77. The molecule has 24 heavy (non-hydrogen) atoms. The highest BCUT2D eigenvalue weighted by Gasteiger charge is 2.13. The maximum Gasteiger partial charge on any atom is 0.319 e. The molecule has 2 aromatic rings. The number of amides is 3. The number of anilines is 1. The number of rotatable bonds is 5. The Kier molecular flexibility index (Phi) is 5.89. The molecule has 3 amide bonds. The van der Waals surface area contributed by atoms with Crippen molar-refractivity contribution < 1.29 is 9.59 Å². The topological polar surface area (TPSA) is 74.3 Å². The van der Waals surface area contributed by atoms with Gasteiger partial charge in [0.05, 0.1) is 0 Å². The first kappa shape index (κ1) is 17.5. The molecule has 0 saturated heterocycles. The van der Waals surface area contributed by atoms with E-state index in [1.165, 1.54) is 0 Å². The van der Waals surface area contributed by atoms with Crippen LogP contribution >= 0.6 is 0 Å². The molecule has 2 N–H and O–H groups in total. The average Bonchev–Trinajstić information content (AvgIpc) is 2.54. The molecular formula is C18H22N4O2. The molecule has 0 radical (unpaired) electrons. The van der Waals surface area contributed by atoms with Crippen LogP contribution in [-0.2, 0) is 6.54 Å². The fourth-order valence-corrected chi connectivity index (χ4v) is 2.22. The van der Waals surface area contributed by atoms with E-state index < -0.39 is 0 Å². The largest absolute Gasteiger partial charge is 0.337 e. The van der Waals surface area contributed by atoms with Gasteiger partial charge in [0.25, 0.3) is 5.91 Å². The van der Waals surface area contributed by atoms with Crippen LogP contribution in [0.1, 0.15) is 29.8 Å². The van der Waals surface area contributed by atoms with Gasteiger partial charge in [-0.2, -0.15) is 0 Å². The summed E-state index contributed by atoms with van der Waals surface area (Å²) in [6.45, 7) is 4.23. The second kappa shape index (κ2) is 8.10. The Labute approximate surface area is 141 Å². The summed E-state index contributed by atoms with van der Waals surface area (Å²) in [6, 6.07) is 10.4. The molecule has 1 heterocycles. The molecule has 2 rings (SSSR count). The summed E-state index contributed by atoms with van der Waals surface area (Å²) in [5, 5.41) is 5.47. The van der Waals surface area contributed by atoms with Gasteiger partial charge in [-0.3, -0.25) is 9.78 Å². The molecule has 0 aliphatic carbocycles. The van der Waals surface area contributed by atoms with Crippen molar-refractivity contribution in [1.82, 2.24) is 15.2 Å². The van der Waals surface area contributed by atoms with Crippen LogP contribution in [0.25, 0.3) is 0 Å². The molecular weight excluding hydrogens is 304 g/mol. The van der Waals surface area contributed by atoms with Gasteiger partial charge in [0, 0.05) is 43.3 Å². The van der Waals surface area contributed by atoms with Gasteiger partial charge in [-0.05, 0) is 43.7 Å². The van der Waals surface area contributed by atoms with E-state index in [-0.39, 0.29) is 18.0 Å². The number of nitrogens with zero attached hydrogens (tertiary/aromatic N) is 2. The van der Waals surface area contributed by atoms with Gasteiger partial charge < -0.3 is 15.5 Å². The lowest BCUT2D eigenvalue weighted by molar-refractivity contribution is 0.0785. The van der Waals surface area contributed by atoms with Crippen molar-refractivity contribution in [3.63, 3.8) is 0 Å². The minimum atomic E-state index is -0.293. The molecule has 0 atom stereocenters. The number of aromatic nitrogens is 1. The summed E-state index contributed by atoms with van der Waals surface area (Å²) in [5.41, 5.74) is 2.05. The average molecular weight is 326 g/mol. The summed E-state index contributed by atoms with van der Waals surface area (Å²) in [7, 11) is 1.74. The lowest BCUT2D eigenvalue weighted by Crippen LogP contribution is -2.34. The lowest BCUT2D eigenvalue weighted by atomic mass is 10.1. The molecule has 1 aromatic heterocycles. The maximum atomic E-state index is 12.5. The lowest BCUT2D eigenvalue weighted by Gasteiger charge is -2.18. The van der Waals surface area contributed by atoms with E-state index in [0.29, 0.717) is 17.8 Å². The smallest absolute Gasteiger partial charge is 0.319 e. The summed E-state index contributed by atoms with van der Waals surface area (Å²) < 4.78 is 0. The highest BCUT2D eigenvalue weighted by atomic mass is 16.2. The van der Waals surface area contributed by atoms with E-state index >= 15 is 0 Å². The second-order valence-electron chi connectivity index (χ2n) is 5.86. The van der Waals surface area contributed by atoms with Gasteiger partial charge >= 0.3 is 6.03 Å². The van der Waals surface area contributed by atoms with E-state index in [1.54, 1.807) is 48.6 Å². The summed E-state index contributed by atoms with van der Waals surface area (Å²) in [5.74, 6) is -0.119. The monoisotopic (exact) mass is 326 g/mol. The summed E-state index contributed by atoms with van der Waals surface area (Å²) in [4.78, 5) is 30.0. The van der Waals surface area contributed by atoms with Gasteiger partial charge in [0.15, 0.2) is 0 Å². The minimum absolute atomic E-state index is 0.0421. The van der Waals surface area contributed by atoms with Gasteiger partial charge in [0.2, 0.25) is 0 Å². The molecule has 0 unspecified atom stereocenters. The number of pyridine rings is 1. The quantitative estimate of drug-likeness (QED) is 0.887. The molecule has 0 aliphatic rings. The van der Waals surface area contributed by atoms with Crippen molar-refractivity contribution in [2.45, 2.75) is 26.4 Å². The number of carbonyl (C=O) groups excluding carboxylic acids is 2. The van der Waals surface area contributed by atoms with E-state index in [2.05, 4.69) is 15.6 Å². The zero-order valence-electron chi connectivity index (χ0n) is 14.1. The zero-order valence-corrected chi connectivity index (χ0v) is 14.1. The van der Waals surface area contributed by atoms with Crippen LogP contribution in [0, 0.1) is 0 Å². The Bertz CT molecular complexity index is 701. The molecule has 0 spiro atoms. The van der Waals surface area contributed by atoms with Crippen LogP contribution in [0.3, 0.4) is 0 Å². The first-order chi connectivity index (χ1) is 11.5. The standard InChI is InChI=1S/C18H22N4O2/c1-13(2)20-18(24)21-16-8-4-7-15(10-16)17(23)22(3)12-14-6-5-9-19-11-14/h4-11,13H,12H2,1-3H3,(H2,20,21,24). The van der Waals surface area contributed by atoms with Gasteiger partial charge in [0.1, 0.15) is 0 Å². The van der Waals surface area contributed by atoms with Crippen molar-refractivity contribution >= 4 is 17.6 Å². The van der Waals surface area contributed by atoms with Crippen LogP contribution in [0.15, 0.2) is 48.8 Å². The third-order valence-electron chi connectivity index (χ3n) is 3.28. The molecule has 0 saturated carbocycles. The highest BCUT2D eigenvalue weighted by molar-refractivity contribution is 5.96. The zero-order chi connectivity index (χ0) is 17.5. The number of nitrogens with one attached hydrogen (secondary N) is 2. The Balaban J connectivity index is 2.04. The third-order valence-corrected chi connectivity index (χ3v) is 3.28. The second-order valence-corrected chi connectivity index (χ2v) is 5.86. The summed E-state index contributed by atoms with van der Waals surface area (Å²) in [6.07, 6.45) is 3.43. The Hall–Kier alpha value is -2.89. The molecule has 0 aliphatic heterocycles. The molecule has 0 bridgehead atoms. The normalized spacial score (nSPS) is 10.3. The van der Waals surface area contributed by atoms with Crippen LogP contribution in [0.5, 0.6) is 0 Å². The molecule has 6 heteroatoms. The number of hydrogen-bond donors (Lipinski definition) is 2. The SMILES string of the molecule is CC(C)NC(=O)Nc1cccc(C(=O)N(C)Cc2cccnc2)c1. The van der Waals surface area contributed by atoms with Crippen molar-refractivity contribution in [1.29, 1.82) is 0 Å². The molecule has 0 fully saturated rings. The summed E-state index contributed by atoms with van der Waals surface area (Å²) >= 11 is 0. The Morgan fingerprint density at radius 1 is 1.21 bits per heavy atom. The molecule has 6 nitrogen and oxygen atoms in total. The van der Waals surface area contributed by atoms with Crippen molar-refractivity contribution in [3.05, 3.63) is 59.9 Å². The van der Waals surface area contributed by atoms with Crippen LogP contribution < -0.4 is 10.6 Å². The fourth-order valence-electron chi connectivity index (χ4n) is 2.22. The van der Waals surface area contributed by atoms with Crippen molar-refractivity contribution in [2.75, 3.05) is 12.4 Å². The third kappa shape index (κ3) is 5.08. The van der Waals surface area contributed by atoms with Gasteiger partial charge in [-0.1, -0.05) is 12.1 Å². The van der Waals surface area contributed by atoms with Crippen LogP contribution in [-0.4, -0.2) is 34.9 Å². The number of hydrogen-bond acceptors (Lipinski definition) is 3. The highest BCUT2D eigenvalue weighted by Crippen LogP contribution is 2.13. The predicted octanol–water partition coefficient (Wildman–Crippen LogP) is 2.88. The number of benzene rings is 1. The van der Waals surface area contributed by atoms with E-state index in [1.807, 2.05) is 26.0 Å². The maximum absolute atomic E-state index is 12.5. The van der Waals surface area contributed by atoms with Crippen LogP contribution in [0.2, 0.25) is 0 Å². The van der Waals surface area contributed by atoms with Gasteiger partial charge in [-0.25, -0.2) is 4.79 Å². The van der Waals surface area contributed by atoms with Crippen molar-refractivity contribution in [3.8, 4) is 0 Å². The predicted molar refractivity (Wildman–Crippen MR) is 93.8 cm³/mol. The molecule has 1 aromatic carbocycles.